The first-order valence-electron chi connectivity index (χ1n) is 10.1. The third kappa shape index (κ3) is 4.29. The van der Waals surface area contributed by atoms with E-state index in [1.165, 1.54) is 30.3 Å². The summed E-state index contributed by atoms with van der Waals surface area (Å²) >= 11 is 0. The molecule has 0 bridgehead atoms. The molecule has 1 saturated carbocycles. The Kier molecular flexibility index (Phi) is 5.56. The van der Waals surface area contributed by atoms with Gasteiger partial charge in [-0.1, -0.05) is 0 Å². The van der Waals surface area contributed by atoms with Gasteiger partial charge in [0.05, 0.1) is 5.52 Å². The zero-order valence-electron chi connectivity index (χ0n) is 16.4. The van der Waals surface area contributed by atoms with Crippen LogP contribution in [0.15, 0.2) is 54.7 Å². The molecule has 1 fully saturated rings. The van der Waals surface area contributed by atoms with Crippen LogP contribution in [0.3, 0.4) is 0 Å². The highest BCUT2D eigenvalue weighted by Gasteiger charge is 2.28. The third-order valence-electron chi connectivity index (χ3n) is 6.12. The molecule has 1 amide bonds. The number of nitrogens with zero attached hydrogens (tertiary/aromatic N) is 1. The second-order valence-electron chi connectivity index (χ2n) is 7.94. The highest BCUT2D eigenvalue weighted by molar-refractivity contribution is 5.94. The number of hydrogen-bond acceptors (Lipinski definition) is 2. The van der Waals surface area contributed by atoms with E-state index in [0.717, 1.165) is 42.1 Å². The van der Waals surface area contributed by atoms with E-state index in [4.69, 9.17) is 0 Å². The molecule has 0 spiro atoms. The van der Waals surface area contributed by atoms with Crippen LogP contribution in [0.1, 0.15) is 54.4 Å². The van der Waals surface area contributed by atoms with Gasteiger partial charge in [-0.25, -0.2) is 8.78 Å². The van der Waals surface area contributed by atoms with Gasteiger partial charge in [-0.05, 0) is 98.5 Å². The minimum atomic E-state index is -0.351. The SMILES string of the molecule is C[C@@H](NC(=O)c1ccc(F)cc1)C1CCC(c2ccnc3ccc(F)cc23)CC1. The molecule has 1 atom stereocenters. The van der Waals surface area contributed by atoms with Crippen LogP contribution in [0.2, 0.25) is 0 Å². The van der Waals surface area contributed by atoms with E-state index in [-0.39, 0.29) is 23.6 Å². The van der Waals surface area contributed by atoms with Gasteiger partial charge in [-0.2, -0.15) is 0 Å². The maximum atomic E-state index is 13.7. The van der Waals surface area contributed by atoms with Gasteiger partial charge < -0.3 is 5.32 Å². The Morgan fingerprint density at radius 3 is 2.41 bits per heavy atom. The molecule has 1 aromatic heterocycles. The lowest BCUT2D eigenvalue weighted by Crippen LogP contribution is -2.39. The number of benzene rings is 2. The minimum Gasteiger partial charge on any atom is -0.349 e. The quantitative estimate of drug-likeness (QED) is 0.625. The number of carbonyl (C=O) groups excluding carboxylic acids is 1. The van der Waals surface area contributed by atoms with Gasteiger partial charge in [0.1, 0.15) is 11.6 Å². The first kappa shape index (κ1) is 19.5. The average Bonchev–Trinajstić information content (AvgIpc) is 2.74. The molecule has 2 aromatic carbocycles. The van der Waals surface area contributed by atoms with Crippen LogP contribution in [-0.4, -0.2) is 16.9 Å². The third-order valence-corrected chi connectivity index (χ3v) is 6.12. The van der Waals surface area contributed by atoms with Crippen molar-refractivity contribution in [3.05, 3.63) is 77.5 Å². The summed E-state index contributed by atoms with van der Waals surface area (Å²) in [6.45, 7) is 2.03. The summed E-state index contributed by atoms with van der Waals surface area (Å²) in [6.07, 6.45) is 5.78. The van der Waals surface area contributed by atoms with Crippen LogP contribution < -0.4 is 5.32 Å². The summed E-state index contributed by atoms with van der Waals surface area (Å²) in [5, 5.41) is 3.95. The molecular weight excluding hydrogens is 370 g/mol. The highest BCUT2D eigenvalue weighted by atomic mass is 19.1. The van der Waals surface area contributed by atoms with Gasteiger partial charge in [-0.15, -0.1) is 0 Å². The van der Waals surface area contributed by atoms with Crippen LogP contribution in [0.25, 0.3) is 10.9 Å². The topological polar surface area (TPSA) is 42.0 Å². The molecule has 1 N–H and O–H groups in total. The van der Waals surface area contributed by atoms with Crippen molar-refractivity contribution in [2.24, 2.45) is 5.92 Å². The standard InChI is InChI=1S/C24H24F2N2O/c1-15(28-24(29)18-6-8-19(25)9-7-18)16-2-4-17(5-3-16)21-12-13-27-23-11-10-20(26)14-22(21)23/h6-17H,2-5H2,1H3,(H,28,29)/t15-,16?,17?/m1/s1. The van der Waals surface area contributed by atoms with Crippen molar-refractivity contribution >= 4 is 16.8 Å². The van der Waals surface area contributed by atoms with Crippen molar-refractivity contribution in [2.75, 3.05) is 0 Å². The molecule has 1 aliphatic rings. The van der Waals surface area contributed by atoms with Crippen molar-refractivity contribution in [2.45, 2.75) is 44.6 Å². The zero-order valence-corrected chi connectivity index (χ0v) is 16.4. The van der Waals surface area contributed by atoms with Crippen LogP contribution in [0.5, 0.6) is 0 Å². The van der Waals surface area contributed by atoms with E-state index >= 15 is 0 Å². The monoisotopic (exact) mass is 394 g/mol. The van der Waals surface area contributed by atoms with Crippen molar-refractivity contribution in [3.63, 3.8) is 0 Å². The summed E-state index contributed by atoms with van der Waals surface area (Å²) in [5.74, 6) is 0.00302. The molecule has 5 heteroatoms. The lowest BCUT2D eigenvalue weighted by Gasteiger charge is -2.33. The molecule has 3 aromatic rings. The first-order chi connectivity index (χ1) is 14.0. The van der Waals surface area contributed by atoms with Gasteiger partial charge in [-0.3, -0.25) is 9.78 Å². The molecule has 0 radical (unpaired) electrons. The Balaban J connectivity index is 1.40. The van der Waals surface area contributed by atoms with Crippen molar-refractivity contribution in [1.29, 1.82) is 0 Å². The van der Waals surface area contributed by atoms with Gasteiger partial charge in [0.2, 0.25) is 0 Å². The molecule has 29 heavy (non-hydrogen) atoms. The van der Waals surface area contributed by atoms with Crippen LogP contribution in [0.4, 0.5) is 8.78 Å². The summed E-state index contributed by atoms with van der Waals surface area (Å²) in [7, 11) is 0. The highest BCUT2D eigenvalue weighted by Crippen LogP contribution is 2.39. The lowest BCUT2D eigenvalue weighted by atomic mass is 9.75. The van der Waals surface area contributed by atoms with E-state index in [0.29, 0.717) is 17.4 Å². The minimum absolute atomic E-state index is 0.0418. The number of pyridine rings is 1. The Labute approximate surface area is 169 Å². The van der Waals surface area contributed by atoms with E-state index in [1.54, 1.807) is 18.3 Å². The zero-order chi connectivity index (χ0) is 20.4. The molecule has 0 unspecified atom stereocenters. The molecule has 150 valence electrons. The molecule has 1 aliphatic carbocycles. The number of aromatic nitrogens is 1. The molecule has 1 heterocycles. The van der Waals surface area contributed by atoms with Gasteiger partial charge in [0.15, 0.2) is 0 Å². The van der Waals surface area contributed by atoms with Gasteiger partial charge in [0, 0.05) is 23.2 Å². The Bertz CT molecular complexity index is 1010. The molecular formula is C24H24F2N2O. The Morgan fingerprint density at radius 2 is 1.69 bits per heavy atom. The number of carbonyl (C=O) groups is 1. The van der Waals surface area contributed by atoms with Crippen molar-refractivity contribution < 1.29 is 13.6 Å². The lowest BCUT2D eigenvalue weighted by molar-refractivity contribution is 0.0918. The Hall–Kier alpha value is -2.82. The number of rotatable bonds is 4. The molecule has 0 aliphatic heterocycles. The summed E-state index contributed by atoms with van der Waals surface area (Å²) < 4.78 is 26.8. The van der Waals surface area contributed by atoms with E-state index in [2.05, 4.69) is 10.3 Å². The van der Waals surface area contributed by atoms with Crippen LogP contribution in [-0.2, 0) is 0 Å². The first-order valence-corrected chi connectivity index (χ1v) is 10.1. The van der Waals surface area contributed by atoms with E-state index < -0.39 is 0 Å². The van der Waals surface area contributed by atoms with Crippen LogP contribution in [0, 0.1) is 17.6 Å². The van der Waals surface area contributed by atoms with Crippen molar-refractivity contribution in [1.82, 2.24) is 10.3 Å². The number of hydrogen-bond donors (Lipinski definition) is 1. The number of amides is 1. The largest absolute Gasteiger partial charge is 0.349 e. The predicted molar refractivity (Wildman–Crippen MR) is 110 cm³/mol. The molecule has 0 saturated heterocycles. The second-order valence-corrected chi connectivity index (χ2v) is 7.94. The summed E-state index contributed by atoms with van der Waals surface area (Å²) in [4.78, 5) is 16.7. The van der Waals surface area contributed by atoms with Crippen molar-refractivity contribution in [3.8, 4) is 0 Å². The number of fused-ring (bicyclic) bond motifs is 1. The van der Waals surface area contributed by atoms with Gasteiger partial charge in [0.25, 0.3) is 5.91 Å². The van der Waals surface area contributed by atoms with Gasteiger partial charge >= 0.3 is 0 Å². The second kappa shape index (κ2) is 8.27. The maximum Gasteiger partial charge on any atom is 0.251 e. The Morgan fingerprint density at radius 1 is 1.00 bits per heavy atom. The predicted octanol–water partition coefficient (Wildman–Crippen LogP) is 5.61. The average molecular weight is 394 g/mol. The number of halogens is 2. The van der Waals surface area contributed by atoms with E-state index in [1.807, 2.05) is 13.0 Å². The normalized spacial score (nSPS) is 20.4. The maximum absolute atomic E-state index is 13.7. The van der Waals surface area contributed by atoms with Crippen LogP contribution >= 0.6 is 0 Å². The molecule has 3 nitrogen and oxygen atoms in total. The van der Waals surface area contributed by atoms with E-state index in [9.17, 15) is 13.6 Å². The fourth-order valence-corrected chi connectivity index (χ4v) is 4.44. The summed E-state index contributed by atoms with van der Waals surface area (Å²) in [6, 6.07) is 12.4. The number of nitrogens with one attached hydrogen (secondary N) is 1. The summed E-state index contributed by atoms with van der Waals surface area (Å²) in [5.41, 5.74) is 2.46. The fraction of sp³-hybridized carbons (Fsp3) is 0.333. The molecule has 4 rings (SSSR count). The fourth-order valence-electron chi connectivity index (χ4n) is 4.44. The smallest absolute Gasteiger partial charge is 0.251 e.